The zero-order valence-electron chi connectivity index (χ0n) is 9.04. The third kappa shape index (κ3) is 1.43. The first-order valence-corrected chi connectivity index (χ1v) is 5.21. The Morgan fingerprint density at radius 3 is 3.00 bits per heavy atom. The van der Waals surface area contributed by atoms with Crippen molar-refractivity contribution >= 4 is 11.4 Å². The van der Waals surface area contributed by atoms with E-state index in [-0.39, 0.29) is 0 Å². The molecule has 3 heteroatoms. The van der Waals surface area contributed by atoms with Crippen LogP contribution >= 0.6 is 0 Å². The second kappa shape index (κ2) is 3.48. The molecule has 1 aliphatic rings. The maximum absolute atomic E-state index is 4.37. The first-order chi connectivity index (χ1) is 6.72. The fourth-order valence-corrected chi connectivity index (χ4v) is 1.77. The molecule has 0 saturated carbocycles. The van der Waals surface area contributed by atoms with Crippen molar-refractivity contribution in [3.8, 4) is 0 Å². The summed E-state index contributed by atoms with van der Waals surface area (Å²) in [6.45, 7) is 7.46. The molecule has 0 atom stereocenters. The van der Waals surface area contributed by atoms with Crippen molar-refractivity contribution in [3.63, 3.8) is 0 Å². The van der Waals surface area contributed by atoms with Gasteiger partial charge in [-0.2, -0.15) is 0 Å². The van der Waals surface area contributed by atoms with Gasteiger partial charge in [0.25, 0.3) is 0 Å². The van der Waals surface area contributed by atoms with Gasteiger partial charge in [0, 0.05) is 11.7 Å². The first-order valence-electron chi connectivity index (χ1n) is 5.21. The van der Waals surface area contributed by atoms with Gasteiger partial charge >= 0.3 is 0 Å². The highest BCUT2D eigenvalue weighted by Crippen LogP contribution is 2.32. The van der Waals surface area contributed by atoms with Gasteiger partial charge in [0.05, 0.1) is 24.2 Å². The van der Waals surface area contributed by atoms with Crippen molar-refractivity contribution in [2.75, 3.05) is 16.9 Å². The van der Waals surface area contributed by atoms with Crippen LogP contribution in [0.15, 0.2) is 12.3 Å². The molecule has 1 N–H and O–H groups in total. The van der Waals surface area contributed by atoms with Gasteiger partial charge in [-0.05, 0) is 26.3 Å². The highest BCUT2D eigenvalue weighted by molar-refractivity contribution is 5.74. The van der Waals surface area contributed by atoms with Crippen molar-refractivity contribution in [1.29, 1.82) is 0 Å². The molecule has 0 unspecified atom stereocenters. The van der Waals surface area contributed by atoms with E-state index in [2.05, 4.69) is 42.0 Å². The standard InChI is InChI=1S/C11H17N3/c1-4-9-5-11-10(6-12-9)13-7-14(11)8(2)3/h5-6,8,13H,4,7H2,1-3H3. The lowest BCUT2D eigenvalue weighted by Crippen LogP contribution is -2.30. The van der Waals surface area contributed by atoms with E-state index in [0.29, 0.717) is 6.04 Å². The molecule has 1 aliphatic heterocycles. The van der Waals surface area contributed by atoms with Crippen molar-refractivity contribution in [2.24, 2.45) is 0 Å². The first kappa shape index (κ1) is 9.31. The van der Waals surface area contributed by atoms with Crippen molar-refractivity contribution < 1.29 is 0 Å². The van der Waals surface area contributed by atoms with Gasteiger partial charge < -0.3 is 10.2 Å². The van der Waals surface area contributed by atoms with E-state index in [4.69, 9.17) is 0 Å². The van der Waals surface area contributed by atoms with Gasteiger partial charge in [0.2, 0.25) is 0 Å². The zero-order chi connectivity index (χ0) is 10.1. The van der Waals surface area contributed by atoms with Gasteiger partial charge in [-0.25, -0.2) is 0 Å². The Kier molecular flexibility index (Phi) is 2.32. The maximum Gasteiger partial charge on any atom is 0.0880 e. The Balaban J connectivity index is 2.37. The number of rotatable bonds is 2. The van der Waals surface area contributed by atoms with Gasteiger partial charge in [0.1, 0.15) is 0 Å². The lowest BCUT2D eigenvalue weighted by Gasteiger charge is -2.22. The summed E-state index contributed by atoms with van der Waals surface area (Å²) in [6, 6.07) is 2.73. The van der Waals surface area contributed by atoms with E-state index < -0.39 is 0 Å². The predicted octanol–water partition coefficient (Wildman–Crippen LogP) is 2.24. The summed E-state index contributed by atoms with van der Waals surface area (Å²) in [7, 11) is 0. The number of anilines is 2. The van der Waals surface area contributed by atoms with Gasteiger partial charge in [-0.1, -0.05) is 6.92 Å². The fraction of sp³-hybridized carbons (Fsp3) is 0.545. The van der Waals surface area contributed by atoms with E-state index in [1.165, 1.54) is 5.69 Å². The second-order valence-corrected chi connectivity index (χ2v) is 3.94. The molecular formula is C11H17N3. The fourth-order valence-electron chi connectivity index (χ4n) is 1.77. The van der Waals surface area contributed by atoms with Gasteiger partial charge in [0.15, 0.2) is 0 Å². The number of nitrogens with one attached hydrogen (secondary N) is 1. The second-order valence-electron chi connectivity index (χ2n) is 3.94. The van der Waals surface area contributed by atoms with Crippen LogP contribution in [-0.4, -0.2) is 17.7 Å². The molecule has 0 aliphatic carbocycles. The Hall–Kier alpha value is -1.25. The van der Waals surface area contributed by atoms with Crippen LogP contribution in [0.1, 0.15) is 26.5 Å². The summed E-state index contributed by atoms with van der Waals surface area (Å²) in [5.41, 5.74) is 3.63. The lowest BCUT2D eigenvalue weighted by molar-refractivity contribution is 0.726. The van der Waals surface area contributed by atoms with E-state index in [1.54, 1.807) is 0 Å². The summed E-state index contributed by atoms with van der Waals surface area (Å²) >= 11 is 0. The molecule has 0 aromatic carbocycles. The third-order valence-electron chi connectivity index (χ3n) is 2.67. The maximum atomic E-state index is 4.37. The molecular weight excluding hydrogens is 174 g/mol. The minimum Gasteiger partial charge on any atom is -0.365 e. The van der Waals surface area contributed by atoms with Crippen LogP contribution in [0, 0.1) is 0 Å². The number of nitrogens with zero attached hydrogens (tertiary/aromatic N) is 2. The van der Waals surface area contributed by atoms with E-state index >= 15 is 0 Å². The molecule has 3 nitrogen and oxygen atoms in total. The largest absolute Gasteiger partial charge is 0.365 e. The number of pyridine rings is 1. The number of fused-ring (bicyclic) bond motifs is 1. The van der Waals surface area contributed by atoms with Gasteiger partial charge in [-0.3, -0.25) is 4.98 Å². The molecule has 2 heterocycles. The highest BCUT2D eigenvalue weighted by atomic mass is 15.3. The Morgan fingerprint density at radius 1 is 1.57 bits per heavy atom. The molecule has 2 rings (SSSR count). The average Bonchev–Trinajstić information content (AvgIpc) is 2.59. The van der Waals surface area contributed by atoms with Crippen LogP contribution in [-0.2, 0) is 6.42 Å². The quantitative estimate of drug-likeness (QED) is 0.777. The molecule has 14 heavy (non-hydrogen) atoms. The molecule has 0 spiro atoms. The number of aryl methyl sites for hydroxylation is 1. The van der Waals surface area contributed by atoms with Crippen LogP contribution in [0.5, 0.6) is 0 Å². The summed E-state index contributed by atoms with van der Waals surface area (Å²) < 4.78 is 0. The summed E-state index contributed by atoms with van der Waals surface area (Å²) in [4.78, 5) is 6.73. The van der Waals surface area contributed by atoms with E-state index in [9.17, 15) is 0 Å². The molecule has 0 fully saturated rings. The topological polar surface area (TPSA) is 28.2 Å². The van der Waals surface area contributed by atoms with Crippen molar-refractivity contribution in [1.82, 2.24) is 4.98 Å². The van der Waals surface area contributed by atoms with Gasteiger partial charge in [-0.15, -0.1) is 0 Å². The van der Waals surface area contributed by atoms with Crippen LogP contribution < -0.4 is 10.2 Å². The SMILES string of the molecule is CCc1cc2c(cn1)NCN2C(C)C. The Labute approximate surface area is 85.1 Å². The summed E-state index contributed by atoms with van der Waals surface area (Å²) in [6.07, 6.45) is 2.94. The Bertz CT molecular complexity index is 333. The van der Waals surface area contributed by atoms with Crippen LogP contribution in [0.3, 0.4) is 0 Å². The van der Waals surface area contributed by atoms with Crippen molar-refractivity contribution in [2.45, 2.75) is 33.2 Å². The smallest absolute Gasteiger partial charge is 0.0880 e. The number of hydrogen-bond acceptors (Lipinski definition) is 3. The normalized spacial score (nSPS) is 14.4. The van der Waals surface area contributed by atoms with Crippen LogP contribution in [0.4, 0.5) is 11.4 Å². The van der Waals surface area contributed by atoms with E-state index in [0.717, 1.165) is 24.5 Å². The minimum absolute atomic E-state index is 0.538. The molecule has 1 aromatic rings. The lowest BCUT2D eigenvalue weighted by atomic mass is 10.2. The Morgan fingerprint density at radius 2 is 2.36 bits per heavy atom. The van der Waals surface area contributed by atoms with Crippen LogP contribution in [0.2, 0.25) is 0 Å². The van der Waals surface area contributed by atoms with E-state index in [1.807, 2.05) is 6.20 Å². The van der Waals surface area contributed by atoms with Crippen molar-refractivity contribution in [3.05, 3.63) is 18.0 Å². The number of hydrogen-bond donors (Lipinski definition) is 1. The van der Waals surface area contributed by atoms with Crippen LogP contribution in [0.25, 0.3) is 0 Å². The molecule has 0 radical (unpaired) electrons. The molecule has 0 amide bonds. The highest BCUT2D eigenvalue weighted by Gasteiger charge is 2.20. The zero-order valence-corrected chi connectivity index (χ0v) is 9.04. The third-order valence-corrected chi connectivity index (χ3v) is 2.67. The molecule has 76 valence electrons. The predicted molar refractivity (Wildman–Crippen MR) is 59.7 cm³/mol. The monoisotopic (exact) mass is 191 g/mol. The average molecular weight is 191 g/mol. The minimum atomic E-state index is 0.538. The number of aromatic nitrogens is 1. The molecule has 0 saturated heterocycles. The summed E-state index contributed by atoms with van der Waals surface area (Å²) in [5, 5.41) is 3.35. The summed E-state index contributed by atoms with van der Waals surface area (Å²) in [5.74, 6) is 0. The molecule has 1 aromatic heterocycles. The molecule has 0 bridgehead atoms.